The molecule has 4 rings (SSSR count). The zero-order valence-electron chi connectivity index (χ0n) is 12.0. The van der Waals surface area contributed by atoms with E-state index in [1.807, 2.05) is 12.3 Å². The van der Waals surface area contributed by atoms with Crippen LogP contribution < -0.4 is 5.73 Å². The highest BCUT2D eigenvalue weighted by Gasteiger charge is 2.38. The van der Waals surface area contributed by atoms with Crippen molar-refractivity contribution < 1.29 is 9.59 Å². The molecule has 2 N–H and O–H groups in total. The van der Waals surface area contributed by atoms with E-state index in [4.69, 9.17) is 5.73 Å². The molecular formula is C16H16N4O2. The number of carbonyl (C=O) groups is 2. The molecule has 1 aromatic rings. The highest BCUT2D eigenvalue weighted by atomic mass is 16.2. The maximum atomic E-state index is 12.5. The summed E-state index contributed by atoms with van der Waals surface area (Å²) in [6.45, 7) is 0.345. The van der Waals surface area contributed by atoms with Crippen molar-refractivity contribution in [1.29, 1.82) is 0 Å². The molecule has 0 saturated carbocycles. The molecule has 3 aliphatic heterocycles. The number of carbonyl (C=O) groups excluding carboxylic acids is 2. The predicted molar refractivity (Wildman–Crippen MR) is 83.1 cm³/mol. The van der Waals surface area contributed by atoms with Crippen LogP contribution in [0.4, 0.5) is 5.69 Å². The minimum Gasteiger partial charge on any atom is -0.398 e. The Labute approximate surface area is 127 Å². The van der Waals surface area contributed by atoms with Gasteiger partial charge in [-0.25, -0.2) is 0 Å². The van der Waals surface area contributed by atoms with Crippen LogP contribution in [0.1, 0.15) is 46.8 Å². The van der Waals surface area contributed by atoms with Crippen LogP contribution in [0.2, 0.25) is 0 Å². The number of hydrogen-bond donors (Lipinski definition) is 1. The standard InChI is InChI=1S/C16H16N4O2/c17-14-10(12-2-1-6-18-12)4-3-9-11(14)8-20(16(9)22)15-13(21)5-7-19-15/h3-4,6-7,12,15H,1-2,5,8,17H2. The minimum atomic E-state index is -0.688. The monoisotopic (exact) mass is 296 g/mol. The Hall–Kier alpha value is -2.50. The van der Waals surface area contributed by atoms with Gasteiger partial charge < -0.3 is 10.6 Å². The Kier molecular flexibility index (Phi) is 2.85. The lowest BCUT2D eigenvalue weighted by Crippen LogP contribution is -2.37. The van der Waals surface area contributed by atoms with Crippen LogP contribution in [0, 0.1) is 0 Å². The fourth-order valence-corrected chi connectivity index (χ4v) is 3.37. The Bertz CT molecular complexity index is 738. The molecule has 0 bridgehead atoms. The second-order valence-electron chi connectivity index (χ2n) is 5.83. The molecule has 22 heavy (non-hydrogen) atoms. The number of hydrogen-bond acceptors (Lipinski definition) is 5. The lowest BCUT2D eigenvalue weighted by atomic mass is 9.97. The number of fused-ring (bicyclic) bond motifs is 1. The highest BCUT2D eigenvalue weighted by molar-refractivity contribution is 6.06. The third kappa shape index (κ3) is 1.80. The summed E-state index contributed by atoms with van der Waals surface area (Å²) in [6.07, 6.45) is 5.00. The van der Waals surface area contributed by atoms with Crippen molar-refractivity contribution >= 4 is 29.8 Å². The topological polar surface area (TPSA) is 88.1 Å². The maximum absolute atomic E-state index is 12.5. The van der Waals surface area contributed by atoms with Gasteiger partial charge in [-0.05, 0) is 30.7 Å². The van der Waals surface area contributed by atoms with Crippen LogP contribution in [-0.2, 0) is 11.3 Å². The molecule has 3 heterocycles. The van der Waals surface area contributed by atoms with E-state index in [9.17, 15) is 9.59 Å². The van der Waals surface area contributed by atoms with Crippen molar-refractivity contribution in [3.63, 3.8) is 0 Å². The predicted octanol–water partition coefficient (Wildman–Crippen LogP) is 1.50. The van der Waals surface area contributed by atoms with E-state index in [0.717, 1.165) is 24.0 Å². The van der Waals surface area contributed by atoms with Crippen molar-refractivity contribution in [2.45, 2.75) is 38.0 Å². The van der Waals surface area contributed by atoms with Crippen LogP contribution in [0.5, 0.6) is 0 Å². The van der Waals surface area contributed by atoms with Gasteiger partial charge in [-0.2, -0.15) is 0 Å². The van der Waals surface area contributed by atoms with E-state index < -0.39 is 6.17 Å². The quantitative estimate of drug-likeness (QED) is 0.839. The first kappa shape index (κ1) is 13.2. The summed E-state index contributed by atoms with van der Waals surface area (Å²) >= 11 is 0. The molecule has 0 aliphatic carbocycles. The van der Waals surface area contributed by atoms with Crippen LogP contribution in [0.25, 0.3) is 0 Å². The molecule has 1 aromatic carbocycles. The van der Waals surface area contributed by atoms with Gasteiger partial charge in [0.05, 0.1) is 12.6 Å². The fourth-order valence-electron chi connectivity index (χ4n) is 3.37. The molecular weight excluding hydrogens is 280 g/mol. The molecule has 0 radical (unpaired) electrons. The van der Waals surface area contributed by atoms with Gasteiger partial charge in [0.2, 0.25) is 0 Å². The number of ketones is 1. The normalized spacial score (nSPS) is 26.3. The first-order valence-corrected chi connectivity index (χ1v) is 7.45. The third-order valence-corrected chi connectivity index (χ3v) is 4.55. The zero-order valence-corrected chi connectivity index (χ0v) is 12.0. The molecule has 1 amide bonds. The Morgan fingerprint density at radius 1 is 1.18 bits per heavy atom. The van der Waals surface area contributed by atoms with Crippen LogP contribution in [0.15, 0.2) is 22.1 Å². The van der Waals surface area contributed by atoms with E-state index in [2.05, 4.69) is 9.98 Å². The average molecular weight is 296 g/mol. The summed E-state index contributed by atoms with van der Waals surface area (Å²) in [6, 6.07) is 3.78. The fraction of sp³-hybridized carbons (Fsp3) is 0.375. The van der Waals surface area contributed by atoms with Gasteiger partial charge in [-0.3, -0.25) is 19.6 Å². The molecule has 0 saturated heterocycles. The maximum Gasteiger partial charge on any atom is 0.256 e. The zero-order chi connectivity index (χ0) is 15.3. The largest absolute Gasteiger partial charge is 0.398 e. The van der Waals surface area contributed by atoms with Crippen molar-refractivity contribution in [2.75, 3.05) is 5.73 Å². The van der Waals surface area contributed by atoms with Gasteiger partial charge >= 0.3 is 0 Å². The number of nitrogens with two attached hydrogens (primary N) is 1. The molecule has 3 aliphatic rings. The molecule has 0 aromatic heterocycles. The number of Topliss-reactive ketones (excluding diaryl/α,β-unsaturated/α-hetero) is 1. The van der Waals surface area contributed by atoms with Gasteiger partial charge in [0.15, 0.2) is 11.9 Å². The average Bonchev–Trinajstić information content (AvgIpc) is 3.21. The van der Waals surface area contributed by atoms with Gasteiger partial charge in [0.1, 0.15) is 0 Å². The van der Waals surface area contributed by atoms with E-state index in [0.29, 0.717) is 24.2 Å². The van der Waals surface area contributed by atoms with Crippen LogP contribution >= 0.6 is 0 Å². The van der Waals surface area contributed by atoms with Gasteiger partial charge in [-0.15, -0.1) is 0 Å². The second-order valence-corrected chi connectivity index (χ2v) is 5.83. The lowest BCUT2D eigenvalue weighted by Gasteiger charge is -2.19. The van der Waals surface area contributed by atoms with E-state index in [-0.39, 0.29) is 17.7 Å². The van der Waals surface area contributed by atoms with Gasteiger partial charge in [0.25, 0.3) is 5.91 Å². The number of nitrogen functional groups attached to an aromatic ring is 1. The number of amides is 1. The van der Waals surface area contributed by atoms with Crippen molar-refractivity contribution in [3.05, 3.63) is 28.8 Å². The summed E-state index contributed by atoms with van der Waals surface area (Å²) in [5.74, 6) is -0.207. The van der Waals surface area contributed by atoms with Crippen molar-refractivity contribution in [3.8, 4) is 0 Å². The van der Waals surface area contributed by atoms with Gasteiger partial charge in [0, 0.05) is 29.4 Å². The van der Waals surface area contributed by atoms with Crippen molar-refractivity contribution in [1.82, 2.24) is 4.90 Å². The minimum absolute atomic E-state index is 0.0413. The molecule has 0 fully saturated rings. The first-order chi connectivity index (χ1) is 10.7. The molecule has 112 valence electrons. The van der Waals surface area contributed by atoms with Crippen LogP contribution in [-0.4, -0.2) is 35.2 Å². The van der Waals surface area contributed by atoms with Crippen LogP contribution in [0.3, 0.4) is 0 Å². The molecule has 6 nitrogen and oxygen atoms in total. The van der Waals surface area contributed by atoms with E-state index >= 15 is 0 Å². The molecule has 2 atom stereocenters. The Balaban J connectivity index is 1.71. The third-order valence-electron chi connectivity index (χ3n) is 4.55. The van der Waals surface area contributed by atoms with Gasteiger partial charge in [-0.1, -0.05) is 6.07 Å². The smallest absolute Gasteiger partial charge is 0.256 e. The van der Waals surface area contributed by atoms with Crippen molar-refractivity contribution in [2.24, 2.45) is 9.98 Å². The van der Waals surface area contributed by atoms with E-state index in [1.165, 1.54) is 4.90 Å². The SMILES string of the molecule is Nc1c(C2CCC=N2)ccc2c1CN(C1N=CCC1=O)C2=O. The molecule has 2 unspecified atom stereocenters. The number of aliphatic imine (C=N–C) groups is 2. The summed E-state index contributed by atoms with van der Waals surface area (Å²) in [4.78, 5) is 34.5. The summed E-state index contributed by atoms with van der Waals surface area (Å²) in [5, 5.41) is 0. The lowest BCUT2D eigenvalue weighted by molar-refractivity contribution is -0.121. The number of rotatable bonds is 2. The summed E-state index contributed by atoms with van der Waals surface area (Å²) in [7, 11) is 0. The van der Waals surface area contributed by atoms with E-state index in [1.54, 1.807) is 12.3 Å². The number of anilines is 1. The summed E-state index contributed by atoms with van der Waals surface area (Å²) < 4.78 is 0. The number of nitrogens with zero attached hydrogens (tertiary/aromatic N) is 3. The second kappa shape index (κ2) is 4.76. The molecule has 0 spiro atoms. The first-order valence-electron chi connectivity index (χ1n) is 7.45. The highest BCUT2D eigenvalue weighted by Crippen LogP contribution is 2.38. The Morgan fingerprint density at radius 3 is 2.73 bits per heavy atom. The summed E-state index contributed by atoms with van der Waals surface area (Å²) in [5.41, 5.74) is 9.29. The molecule has 6 heteroatoms. The Morgan fingerprint density at radius 2 is 2.05 bits per heavy atom. The number of benzene rings is 1.